The Morgan fingerprint density at radius 2 is 2.21 bits per heavy atom. The lowest BCUT2D eigenvalue weighted by Gasteiger charge is -2.24. The number of nitrogens with two attached hydrogens (primary N) is 1. The van der Waals surface area contributed by atoms with Crippen molar-refractivity contribution in [2.45, 2.75) is 45.2 Å². The van der Waals surface area contributed by atoms with Gasteiger partial charge in [-0.05, 0) is 57.0 Å². The van der Waals surface area contributed by atoms with Gasteiger partial charge in [0, 0.05) is 31.7 Å². The number of rotatable bonds is 9. The second-order valence-corrected chi connectivity index (χ2v) is 7.72. The number of carbonyl (C=O) groups excluding carboxylic acids is 1. The number of likely N-dealkylation sites (N-methyl/N-ethyl adjacent to an activating group) is 1. The van der Waals surface area contributed by atoms with Crippen molar-refractivity contribution in [2.75, 3.05) is 32.5 Å². The van der Waals surface area contributed by atoms with E-state index in [0.717, 1.165) is 38.1 Å². The molecule has 1 atom stereocenters. The van der Waals surface area contributed by atoms with Crippen LogP contribution in [0.3, 0.4) is 0 Å². The van der Waals surface area contributed by atoms with Gasteiger partial charge in [0.15, 0.2) is 0 Å². The van der Waals surface area contributed by atoms with E-state index in [9.17, 15) is 4.79 Å². The van der Waals surface area contributed by atoms with Gasteiger partial charge < -0.3 is 15.4 Å². The zero-order valence-corrected chi connectivity index (χ0v) is 17.4. The number of nitrogens with zero attached hydrogens (tertiary/aromatic N) is 4. The fourth-order valence-corrected chi connectivity index (χ4v) is 3.60. The molecule has 7 heteroatoms. The largest absolute Gasteiger partial charge is 0.494 e. The summed E-state index contributed by atoms with van der Waals surface area (Å²) in [6, 6.07) is 10.1. The van der Waals surface area contributed by atoms with Crippen LogP contribution in [0.15, 0.2) is 36.5 Å². The molecule has 0 spiro atoms. The predicted molar refractivity (Wildman–Crippen MR) is 113 cm³/mol. The summed E-state index contributed by atoms with van der Waals surface area (Å²) in [5.74, 6) is 2.33. The predicted octanol–water partition coefficient (Wildman–Crippen LogP) is 2.65. The van der Waals surface area contributed by atoms with Gasteiger partial charge in [-0.1, -0.05) is 12.1 Å². The first-order valence-corrected chi connectivity index (χ1v) is 10.3. The highest BCUT2D eigenvalue weighted by Crippen LogP contribution is 2.18. The number of hydrogen-bond acceptors (Lipinski definition) is 6. The quantitative estimate of drug-likeness (QED) is 0.655. The Balaban J connectivity index is 1.34. The van der Waals surface area contributed by atoms with Crippen LogP contribution >= 0.6 is 0 Å². The molecule has 1 fully saturated rings. The van der Waals surface area contributed by atoms with E-state index in [2.05, 4.69) is 27.9 Å². The molecule has 156 valence electrons. The molecule has 1 amide bonds. The number of amides is 1. The molecule has 0 bridgehead atoms. The molecule has 29 heavy (non-hydrogen) atoms. The molecule has 3 rings (SSSR count). The monoisotopic (exact) mass is 397 g/mol. The van der Waals surface area contributed by atoms with E-state index >= 15 is 0 Å². The average Bonchev–Trinajstić information content (AvgIpc) is 3.18. The van der Waals surface area contributed by atoms with E-state index in [1.165, 1.54) is 5.56 Å². The molecule has 1 aromatic heterocycles. The van der Waals surface area contributed by atoms with Crippen molar-refractivity contribution >= 4 is 11.7 Å². The molecule has 2 aromatic rings. The minimum Gasteiger partial charge on any atom is -0.494 e. The molecule has 1 aliphatic heterocycles. The summed E-state index contributed by atoms with van der Waals surface area (Å²) in [4.78, 5) is 25.2. The van der Waals surface area contributed by atoms with Crippen molar-refractivity contribution in [2.24, 2.45) is 0 Å². The zero-order valence-electron chi connectivity index (χ0n) is 17.4. The number of benzene rings is 1. The first-order chi connectivity index (χ1) is 14.0. The lowest BCUT2D eigenvalue weighted by Crippen LogP contribution is -2.36. The molecular weight excluding hydrogens is 366 g/mol. The third kappa shape index (κ3) is 6.42. The van der Waals surface area contributed by atoms with Crippen LogP contribution in [0.5, 0.6) is 5.75 Å². The summed E-state index contributed by atoms with van der Waals surface area (Å²) in [7, 11) is 2.05. The molecule has 0 aliphatic carbocycles. The van der Waals surface area contributed by atoms with Crippen LogP contribution < -0.4 is 10.5 Å². The Labute approximate surface area is 172 Å². The van der Waals surface area contributed by atoms with E-state index in [-0.39, 0.29) is 5.91 Å². The van der Waals surface area contributed by atoms with Gasteiger partial charge in [-0.3, -0.25) is 9.69 Å². The highest BCUT2D eigenvalue weighted by atomic mass is 16.5. The second kappa shape index (κ2) is 10.2. The first kappa shape index (κ1) is 21.0. The van der Waals surface area contributed by atoms with Crippen LogP contribution in [0.4, 0.5) is 5.82 Å². The third-order valence-electron chi connectivity index (χ3n) is 5.30. The number of anilines is 1. The molecule has 1 unspecified atom stereocenters. The third-order valence-corrected chi connectivity index (χ3v) is 5.30. The van der Waals surface area contributed by atoms with Gasteiger partial charge in [0.05, 0.1) is 13.2 Å². The lowest BCUT2D eigenvalue weighted by atomic mass is 10.2. The normalized spacial score (nSPS) is 16.4. The van der Waals surface area contributed by atoms with Crippen LogP contribution in [0.25, 0.3) is 0 Å². The molecule has 0 radical (unpaired) electrons. The number of nitrogen functional groups attached to an aromatic ring is 1. The number of aromatic nitrogens is 2. The van der Waals surface area contributed by atoms with Crippen molar-refractivity contribution in [3.8, 4) is 5.75 Å². The van der Waals surface area contributed by atoms with Gasteiger partial charge in [0.25, 0.3) is 0 Å². The molecule has 1 aliphatic rings. The topological polar surface area (TPSA) is 84.6 Å². The van der Waals surface area contributed by atoms with Gasteiger partial charge in [-0.15, -0.1) is 0 Å². The zero-order chi connectivity index (χ0) is 20.6. The van der Waals surface area contributed by atoms with Crippen LogP contribution in [0, 0.1) is 6.92 Å². The van der Waals surface area contributed by atoms with Gasteiger partial charge in [0.2, 0.25) is 5.91 Å². The summed E-state index contributed by atoms with van der Waals surface area (Å²) in [6.45, 7) is 4.90. The minimum absolute atomic E-state index is 0.233. The SMILES string of the molecule is Cc1cccc(OCCCCC(=O)N2CCC(N(C)Cc3nccc(N)n3)C2)c1. The number of ether oxygens (including phenoxy) is 1. The van der Waals surface area contributed by atoms with Gasteiger partial charge in [0.1, 0.15) is 17.4 Å². The van der Waals surface area contributed by atoms with E-state index in [0.29, 0.717) is 37.3 Å². The Kier molecular flexibility index (Phi) is 7.41. The highest BCUT2D eigenvalue weighted by Gasteiger charge is 2.28. The Morgan fingerprint density at radius 1 is 1.34 bits per heavy atom. The second-order valence-electron chi connectivity index (χ2n) is 7.72. The van der Waals surface area contributed by atoms with Crippen LogP contribution in [-0.4, -0.2) is 58.5 Å². The Hall–Kier alpha value is -2.67. The summed E-state index contributed by atoms with van der Waals surface area (Å²) in [6.07, 6.45) is 4.95. The molecule has 2 N–H and O–H groups in total. The number of carbonyl (C=O) groups is 1. The van der Waals surface area contributed by atoms with E-state index in [1.807, 2.05) is 30.1 Å². The van der Waals surface area contributed by atoms with E-state index in [1.54, 1.807) is 12.3 Å². The van der Waals surface area contributed by atoms with Crippen molar-refractivity contribution < 1.29 is 9.53 Å². The number of unbranched alkanes of at least 4 members (excludes halogenated alkanes) is 1. The Morgan fingerprint density at radius 3 is 3.00 bits per heavy atom. The molecule has 1 aromatic carbocycles. The summed E-state index contributed by atoms with van der Waals surface area (Å²) < 4.78 is 5.76. The van der Waals surface area contributed by atoms with Crippen LogP contribution in [0.2, 0.25) is 0 Å². The van der Waals surface area contributed by atoms with Crippen molar-refractivity contribution in [3.63, 3.8) is 0 Å². The lowest BCUT2D eigenvalue weighted by molar-refractivity contribution is -0.130. The molecule has 2 heterocycles. The number of aryl methyl sites for hydroxylation is 1. The number of hydrogen-bond donors (Lipinski definition) is 1. The van der Waals surface area contributed by atoms with Crippen molar-refractivity contribution in [1.82, 2.24) is 19.8 Å². The summed E-state index contributed by atoms with van der Waals surface area (Å²) >= 11 is 0. The standard InChI is InChI=1S/C22H31N5O2/c1-17-6-5-7-19(14-17)29-13-4-3-8-22(28)27-12-10-18(15-27)26(2)16-21-24-11-9-20(23)25-21/h5-7,9,11,14,18H,3-4,8,10,12-13,15-16H2,1-2H3,(H2,23,24,25). The molecule has 0 saturated carbocycles. The van der Waals surface area contributed by atoms with Gasteiger partial charge >= 0.3 is 0 Å². The maximum absolute atomic E-state index is 12.5. The van der Waals surface area contributed by atoms with Crippen molar-refractivity contribution in [3.05, 3.63) is 47.9 Å². The highest BCUT2D eigenvalue weighted by molar-refractivity contribution is 5.76. The minimum atomic E-state index is 0.233. The number of likely N-dealkylation sites (tertiary alicyclic amines) is 1. The fraction of sp³-hybridized carbons (Fsp3) is 0.500. The van der Waals surface area contributed by atoms with Gasteiger partial charge in [-0.2, -0.15) is 0 Å². The van der Waals surface area contributed by atoms with Gasteiger partial charge in [-0.25, -0.2) is 9.97 Å². The maximum Gasteiger partial charge on any atom is 0.222 e. The summed E-state index contributed by atoms with van der Waals surface area (Å²) in [5, 5.41) is 0. The molecule has 1 saturated heterocycles. The van der Waals surface area contributed by atoms with E-state index in [4.69, 9.17) is 10.5 Å². The molecular formula is C22H31N5O2. The molecule has 7 nitrogen and oxygen atoms in total. The van der Waals surface area contributed by atoms with E-state index < -0.39 is 0 Å². The first-order valence-electron chi connectivity index (χ1n) is 10.3. The average molecular weight is 398 g/mol. The smallest absolute Gasteiger partial charge is 0.222 e. The van der Waals surface area contributed by atoms with Crippen LogP contribution in [-0.2, 0) is 11.3 Å². The Bertz CT molecular complexity index is 813. The maximum atomic E-state index is 12.5. The summed E-state index contributed by atoms with van der Waals surface area (Å²) in [5.41, 5.74) is 6.91. The van der Waals surface area contributed by atoms with Crippen LogP contribution in [0.1, 0.15) is 37.1 Å². The fourth-order valence-electron chi connectivity index (χ4n) is 3.60. The van der Waals surface area contributed by atoms with Crippen molar-refractivity contribution in [1.29, 1.82) is 0 Å².